The average molecular weight is 464 g/mol. The van der Waals surface area contributed by atoms with Gasteiger partial charge in [0.15, 0.2) is 0 Å². The molecule has 1 saturated heterocycles. The summed E-state index contributed by atoms with van der Waals surface area (Å²) < 4.78 is 10.9. The summed E-state index contributed by atoms with van der Waals surface area (Å²) in [6.07, 6.45) is 0.721. The van der Waals surface area contributed by atoms with Gasteiger partial charge in [-0.05, 0) is 56.0 Å². The molecule has 7 heteroatoms. The summed E-state index contributed by atoms with van der Waals surface area (Å²) in [5.74, 6) is 0.0580. The van der Waals surface area contributed by atoms with Crippen molar-refractivity contribution < 1.29 is 19.1 Å². The Morgan fingerprint density at radius 1 is 0.941 bits per heavy atom. The molecular weight excluding hydrogens is 430 g/mol. The van der Waals surface area contributed by atoms with Crippen molar-refractivity contribution in [2.24, 2.45) is 0 Å². The quantitative estimate of drug-likeness (QED) is 0.604. The molecule has 2 aromatic carbocycles. The first-order valence-corrected chi connectivity index (χ1v) is 11.8. The molecule has 0 saturated carbocycles. The van der Waals surface area contributed by atoms with Crippen LogP contribution in [0.5, 0.6) is 5.75 Å². The molecule has 0 radical (unpaired) electrons. The number of carbonyl (C=O) groups excluding carboxylic acids is 2. The Balaban J connectivity index is 1.64. The smallest absolute Gasteiger partial charge is 0.278 e. The number of anilines is 1. The number of carbonyl (C=O) groups is 2. The summed E-state index contributed by atoms with van der Waals surface area (Å²) in [5.41, 5.74) is 5.24. The van der Waals surface area contributed by atoms with E-state index in [4.69, 9.17) is 9.47 Å². The highest BCUT2D eigenvalue weighted by molar-refractivity contribution is 6.36. The van der Waals surface area contributed by atoms with E-state index >= 15 is 0 Å². The second-order valence-corrected chi connectivity index (χ2v) is 8.97. The van der Waals surface area contributed by atoms with Gasteiger partial charge in [-0.2, -0.15) is 0 Å². The van der Waals surface area contributed by atoms with Crippen molar-refractivity contribution in [3.05, 3.63) is 64.3 Å². The second kappa shape index (κ2) is 10.4. The summed E-state index contributed by atoms with van der Waals surface area (Å²) >= 11 is 0. The van der Waals surface area contributed by atoms with Crippen LogP contribution in [-0.2, 0) is 14.3 Å². The highest BCUT2D eigenvalue weighted by Gasteiger charge is 2.39. The Labute approximate surface area is 201 Å². The number of ether oxygens (including phenoxy) is 2. The van der Waals surface area contributed by atoms with Crippen LogP contribution in [0.25, 0.3) is 5.57 Å². The molecule has 4 rings (SSSR count). The number of aryl methyl sites for hydroxylation is 3. The molecule has 0 aromatic heterocycles. The van der Waals surface area contributed by atoms with E-state index < -0.39 is 0 Å². The fourth-order valence-corrected chi connectivity index (χ4v) is 4.57. The number of hydrogen-bond donors (Lipinski definition) is 1. The van der Waals surface area contributed by atoms with E-state index in [0.29, 0.717) is 29.3 Å². The van der Waals surface area contributed by atoms with Crippen LogP contribution >= 0.6 is 0 Å². The lowest BCUT2D eigenvalue weighted by Gasteiger charge is -2.27. The maximum absolute atomic E-state index is 13.6. The zero-order chi connectivity index (χ0) is 24.2. The van der Waals surface area contributed by atoms with Crippen LogP contribution in [0.4, 0.5) is 5.69 Å². The van der Waals surface area contributed by atoms with E-state index in [1.165, 1.54) is 4.90 Å². The third-order valence-corrected chi connectivity index (χ3v) is 6.39. The molecule has 2 aromatic rings. The first-order valence-electron chi connectivity index (χ1n) is 11.8. The highest BCUT2D eigenvalue weighted by atomic mass is 16.5. The average Bonchev–Trinajstić information content (AvgIpc) is 3.04. The molecule has 0 spiro atoms. The topological polar surface area (TPSA) is 71.1 Å². The van der Waals surface area contributed by atoms with Gasteiger partial charge in [0.1, 0.15) is 11.4 Å². The van der Waals surface area contributed by atoms with Crippen molar-refractivity contribution in [2.75, 3.05) is 51.8 Å². The molecule has 2 aliphatic rings. The Morgan fingerprint density at radius 2 is 1.65 bits per heavy atom. The van der Waals surface area contributed by atoms with E-state index in [1.807, 2.05) is 57.2 Å². The number of nitrogens with one attached hydrogen (secondary N) is 1. The predicted octanol–water partition coefficient (Wildman–Crippen LogP) is 3.53. The van der Waals surface area contributed by atoms with Crippen LogP contribution in [0.2, 0.25) is 0 Å². The number of imide groups is 1. The Morgan fingerprint density at radius 3 is 2.35 bits per heavy atom. The van der Waals surface area contributed by atoms with E-state index in [9.17, 15) is 9.59 Å². The molecule has 0 unspecified atom stereocenters. The van der Waals surface area contributed by atoms with Crippen molar-refractivity contribution in [1.29, 1.82) is 0 Å². The number of benzene rings is 2. The van der Waals surface area contributed by atoms with Crippen molar-refractivity contribution in [1.82, 2.24) is 9.80 Å². The maximum Gasteiger partial charge on any atom is 0.278 e. The minimum atomic E-state index is -0.300. The van der Waals surface area contributed by atoms with Gasteiger partial charge < -0.3 is 14.8 Å². The Bertz CT molecular complexity index is 1120. The fourth-order valence-electron chi connectivity index (χ4n) is 4.57. The molecule has 180 valence electrons. The third-order valence-electron chi connectivity index (χ3n) is 6.39. The van der Waals surface area contributed by atoms with E-state index in [0.717, 1.165) is 61.5 Å². The standard InChI is InChI=1S/C27H33N3O4/c1-18-6-8-21(20(3)16-18)24-25(28-22-17-19(2)7-9-23(22)33-4)27(32)30(26(24)31)11-5-10-29-12-14-34-15-13-29/h6-9,16-17,28H,5,10-15H2,1-4H3. The van der Waals surface area contributed by atoms with Gasteiger partial charge in [0.05, 0.1) is 31.6 Å². The van der Waals surface area contributed by atoms with Gasteiger partial charge in [0.2, 0.25) is 0 Å². The second-order valence-electron chi connectivity index (χ2n) is 8.97. The van der Waals surface area contributed by atoms with Crippen molar-refractivity contribution >= 4 is 23.1 Å². The molecule has 0 atom stereocenters. The minimum Gasteiger partial charge on any atom is -0.495 e. The molecule has 0 aliphatic carbocycles. The van der Waals surface area contributed by atoms with Crippen molar-refractivity contribution in [3.8, 4) is 5.75 Å². The van der Waals surface area contributed by atoms with Gasteiger partial charge in [-0.15, -0.1) is 0 Å². The Hall–Kier alpha value is -3.16. The number of nitrogens with zero attached hydrogens (tertiary/aromatic N) is 2. The molecular formula is C27H33N3O4. The number of morpholine rings is 1. The van der Waals surface area contributed by atoms with Gasteiger partial charge in [0.25, 0.3) is 11.8 Å². The third kappa shape index (κ3) is 5.00. The largest absolute Gasteiger partial charge is 0.495 e. The fraction of sp³-hybridized carbons (Fsp3) is 0.407. The van der Waals surface area contributed by atoms with Crippen LogP contribution in [0.1, 0.15) is 28.7 Å². The van der Waals surface area contributed by atoms with Crippen LogP contribution in [0.3, 0.4) is 0 Å². The first kappa shape index (κ1) is 24.0. The number of rotatable bonds is 8. The van der Waals surface area contributed by atoms with Crippen LogP contribution < -0.4 is 10.1 Å². The zero-order valence-electron chi connectivity index (χ0n) is 20.4. The molecule has 1 N–H and O–H groups in total. The molecule has 1 fully saturated rings. The molecule has 2 heterocycles. The molecule has 2 amide bonds. The van der Waals surface area contributed by atoms with E-state index in [1.54, 1.807) is 7.11 Å². The summed E-state index contributed by atoms with van der Waals surface area (Å²) in [6.45, 7) is 10.4. The van der Waals surface area contributed by atoms with Gasteiger partial charge in [-0.25, -0.2) is 0 Å². The maximum atomic E-state index is 13.6. The summed E-state index contributed by atoms with van der Waals surface area (Å²) in [6, 6.07) is 11.7. The van der Waals surface area contributed by atoms with Crippen LogP contribution in [0, 0.1) is 20.8 Å². The number of methoxy groups -OCH3 is 1. The summed E-state index contributed by atoms with van der Waals surface area (Å²) in [4.78, 5) is 30.8. The lowest BCUT2D eigenvalue weighted by Crippen LogP contribution is -2.39. The molecule has 0 bridgehead atoms. The van der Waals surface area contributed by atoms with Crippen molar-refractivity contribution in [3.63, 3.8) is 0 Å². The number of hydrogen-bond acceptors (Lipinski definition) is 6. The monoisotopic (exact) mass is 463 g/mol. The lowest BCUT2D eigenvalue weighted by molar-refractivity contribution is -0.136. The van der Waals surface area contributed by atoms with Crippen LogP contribution in [0.15, 0.2) is 42.1 Å². The van der Waals surface area contributed by atoms with Crippen molar-refractivity contribution in [2.45, 2.75) is 27.2 Å². The molecule has 34 heavy (non-hydrogen) atoms. The van der Waals surface area contributed by atoms with Gasteiger partial charge in [-0.3, -0.25) is 19.4 Å². The van der Waals surface area contributed by atoms with E-state index in [2.05, 4.69) is 10.2 Å². The van der Waals surface area contributed by atoms with Crippen LogP contribution in [-0.4, -0.2) is 68.1 Å². The van der Waals surface area contributed by atoms with Gasteiger partial charge in [0, 0.05) is 26.2 Å². The van der Waals surface area contributed by atoms with E-state index in [-0.39, 0.29) is 11.8 Å². The minimum absolute atomic E-state index is 0.256. The van der Waals surface area contributed by atoms with Gasteiger partial charge >= 0.3 is 0 Å². The van der Waals surface area contributed by atoms with Gasteiger partial charge in [-0.1, -0.05) is 29.8 Å². The lowest BCUT2D eigenvalue weighted by atomic mass is 9.97. The molecule has 7 nitrogen and oxygen atoms in total. The zero-order valence-corrected chi connectivity index (χ0v) is 20.4. The Kier molecular flexibility index (Phi) is 7.34. The summed E-state index contributed by atoms with van der Waals surface area (Å²) in [5, 5.41) is 3.26. The SMILES string of the molecule is COc1ccc(C)cc1NC1=C(c2ccc(C)cc2C)C(=O)N(CCCN2CCOCC2)C1=O. The highest BCUT2D eigenvalue weighted by Crippen LogP contribution is 2.35. The summed E-state index contributed by atoms with van der Waals surface area (Å²) in [7, 11) is 1.59. The first-order chi connectivity index (χ1) is 16.4. The molecule has 2 aliphatic heterocycles. The predicted molar refractivity (Wildman–Crippen MR) is 133 cm³/mol. The normalized spacial score (nSPS) is 17.0. The number of amides is 2.